The van der Waals surface area contributed by atoms with E-state index in [1.54, 1.807) is 0 Å². The number of rotatable bonds is 7. The Balaban J connectivity index is 1.53. The Hall–Kier alpha value is -1.83. The smallest absolute Gasteiger partial charge is 0.316 e. The molecule has 4 rings (SSSR count). The van der Waals surface area contributed by atoms with Crippen LogP contribution in [0.5, 0.6) is 11.5 Å². The second kappa shape index (κ2) is 11.5. The molecule has 1 saturated heterocycles. The molecule has 0 radical (unpaired) electrons. The molecule has 2 aromatic rings. The van der Waals surface area contributed by atoms with E-state index in [1.165, 1.54) is 4.90 Å². The molecule has 1 fully saturated rings. The van der Waals surface area contributed by atoms with Gasteiger partial charge in [-0.2, -0.15) is 0 Å². The Morgan fingerprint density at radius 2 is 1.91 bits per heavy atom. The molecular formula is C28H33BrFNO3S. The normalized spacial score (nSPS) is 18.8. The summed E-state index contributed by atoms with van der Waals surface area (Å²) in [6.45, 7) is 7.89. The topological polar surface area (TPSA) is 38.8 Å². The number of hydrogen-bond acceptors (Lipinski definition) is 5. The first kappa shape index (κ1) is 26.2. The number of likely N-dealkylation sites (tertiary alicyclic amines) is 1. The van der Waals surface area contributed by atoms with Crippen molar-refractivity contribution in [2.45, 2.75) is 51.0 Å². The SMILES string of the molecule is CC(C)(C)C(=O)Oc1ccc2c(c1)C(c1ccc(OC3CCN(CCCF)C3)cc1)=C(Br)CCS2. The molecule has 2 aliphatic heterocycles. The molecule has 35 heavy (non-hydrogen) atoms. The molecule has 0 spiro atoms. The molecule has 2 aromatic carbocycles. The summed E-state index contributed by atoms with van der Waals surface area (Å²) in [6.07, 6.45) is 2.61. The summed E-state index contributed by atoms with van der Waals surface area (Å²) < 4.78 is 25.5. The van der Waals surface area contributed by atoms with E-state index in [0.717, 1.165) is 65.2 Å². The Kier molecular flexibility index (Phi) is 8.61. The van der Waals surface area contributed by atoms with E-state index in [1.807, 2.05) is 62.9 Å². The van der Waals surface area contributed by atoms with Crippen molar-refractivity contribution in [3.63, 3.8) is 0 Å². The van der Waals surface area contributed by atoms with E-state index in [2.05, 4.69) is 33.0 Å². The van der Waals surface area contributed by atoms with Gasteiger partial charge in [-0.1, -0.05) is 28.1 Å². The third-order valence-electron chi connectivity index (χ3n) is 6.18. The van der Waals surface area contributed by atoms with Gasteiger partial charge in [-0.15, -0.1) is 11.8 Å². The van der Waals surface area contributed by atoms with Crippen LogP contribution in [0.2, 0.25) is 0 Å². The highest BCUT2D eigenvalue weighted by atomic mass is 79.9. The summed E-state index contributed by atoms with van der Waals surface area (Å²) >= 11 is 5.64. The maximum Gasteiger partial charge on any atom is 0.316 e. The number of ether oxygens (including phenoxy) is 2. The Morgan fingerprint density at radius 3 is 2.63 bits per heavy atom. The Labute approximate surface area is 220 Å². The van der Waals surface area contributed by atoms with Crippen LogP contribution in [0.25, 0.3) is 5.57 Å². The van der Waals surface area contributed by atoms with Gasteiger partial charge >= 0.3 is 5.97 Å². The van der Waals surface area contributed by atoms with Crippen LogP contribution in [0.15, 0.2) is 51.8 Å². The molecule has 2 heterocycles. The van der Waals surface area contributed by atoms with Gasteiger partial charge in [0, 0.05) is 45.9 Å². The molecule has 1 unspecified atom stereocenters. The van der Waals surface area contributed by atoms with E-state index in [4.69, 9.17) is 9.47 Å². The maximum absolute atomic E-state index is 12.5. The van der Waals surface area contributed by atoms with Crippen LogP contribution in [-0.2, 0) is 4.79 Å². The molecule has 1 atom stereocenters. The van der Waals surface area contributed by atoms with Gasteiger partial charge in [-0.25, -0.2) is 0 Å². The van der Waals surface area contributed by atoms with Gasteiger partial charge < -0.3 is 9.47 Å². The molecule has 0 bridgehead atoms. The predicted molar refractivity (Wildman–Crippen MR) is 144 cm³/mol. The monoisotopic (exact) mass is 561 g/mol. The van der Waals surface area contributed by atoms with Crippen molar-refractivity contribution < 1.29 is 18.7 Å². The molecule has 0 aromatic heterocycles. The van der Waals surface area contributed by atoms with Crippen molar-refractivity contribution in [2.24, 2.45) is 5.41 Å². The van der Waals surface area contributed by atoms with Crippen molar-refractivity contribution in [3.8, 4) is 11.5 Å². The Bertz CT molecular complexity index is 1080. The molecule has 188 valence electrons. The second-order valence-corrected chi connectivity index (χ2v) is 12.2. The highest BCUT2D eigenvalue weighted by molar-refractivity contribution is 9.11. The number of carbonyl (C=O) groups excluding carboxylic acids is 1. The van der Waals surface area contributed by atoms with Crippen LogP contribution in [-0.4, -0.2) is 49.0 Å². The van der Waals surface area contributed by atoms with Crippen molar-refractivity contribution in [1.29, 1.82) is 0 Å². The van der Waals surface area contributed by atoms with Crippen molar-refractivity contribution in [2.75, 3.05) is 32.1 Å². The number of benzene rings is 2. The zero-order chi connectivity index (χ0) is 25.0. The van der Waals surface area contributed by atoms with Gasteiger partial charge in [-0.3, -0.25) is 14.1 Å². The lowest BCUT2D eigenvalue weighted by Crippen LogP contribution is -2.26. The van der Waals surface area contributed by atoms with Crippen LogP contribution in [0.3, 0.4) is 0 Å². The number of fused-ring (bicyclic) bond motifs is 1. The minimum absolute atomic E-state index is 0.140. The van der Waals surface area contributed by atoms with E-state index in [-0.39, 0.29) is 18.7 Å². The maximum atomic E-state index is 12.5. The highest BCUT2D eigenvalue weighted by Crippen LogP contribution is 2.43. The summed E-state index contributed by atoms with van der Waals surface area (Å²) in [7, 11) is 0. The summed E-state index contributed by atoms with van der Waals surface area (Å²) in [4.78, 5) is 15.9. The van der Waals surface area contributed by atoms with E-state index in [0.29, 0.717) is 12.2 Å². The molecule has 0 saturated carbocycles. The van der Waals surface area contributed by atoms with Gasteiger partial charge in [0.25, 0.3) is 0 Å². The van der Waals surface area contributed by atoms with Crippen LogP contribution in [0.1, 0.15) is 51.2 Å². The number of allylic oxidation sites excluding steroid dienone is 1. The van der Waals surface area contributed by atoms with Gasteiger partial charge in [-0.05, 0) is 75.9 Å². The standard InChI is InChI=1S/C28H33BrFNO3S/c1-28(2,3)27(32)34-21-9-10-25-23(17-21)26(24(29)12-16-35-25)19-5-7-20(8-6-19)33-22-11-15-31(18-22)14-4-13-30/h5-10,17,22H,4,11-16,18H2,1-3H3. The first-order chi connectivity index (χ1) is 16.7. The number of thioether (sulfide) groups is 1. The number of esters is 1. The summed E-state index contributed by atoms with van der Waals surface area (Å²) in [5.74, 6) is 2.13. The van der Waals surface area contributed by atoms with Gasteiger partial charge in [0.2, 0.25) is 0 Å². The lowest BCUT2D eigenvalue weighted by molar-refractivity contribution is -0.143. The minimum Gasteiger partial charge on any atom is -0.489 e. The number of carbonyl (C=O) groups is 1. The van der Waals surface area contributed by atoms with E-state index in [9.17, 15) is 9.18 Å². The lowest BCUT2D eigenvalue weighted by Gasteiger charge is -2.19. The molecular weight excluding hydrogens is 529 g/mol. The average molecular weight is 563 g/mol. The molecule has 0 aliphatic carbocycles. The summed E-state index contributed by atoms with van der Waals surface area (Å²) in [6, 6.07) is 14.1. The number of alkyl halides is 1. The molecule has 7 heteroatoms. The highest BCUT2D eigenvalue weighted by Gasteiger charge is 2.26. The van der Waals surface area contributed by atoms with Crippen LogP contribution in [0, 0.1) is 5.41 Å². The fourth-order valence-corrected chi connectivity index (χ4v) is 6.17. The zero-order valence-corrected chi connectivity index (χ0v) is 23.0. The molecule has 2 aliphatic rings. The zero-order valence-electron chi connectivity index (χ0n) is 20.6. The van der Waals surface area contributed by atoms with Crippen molar-refractivity contribution in [1.82, 2.24) is 4.90 Å². The first-order valence-electron chi connectivity index (χ1n) is 12.2. The number of halogens is 2. The largest absolute Gasteiger partial charge is 0.489 e. The molecule has 0 N–H and O–H groups in total. The lowest BCUT2D eigenvalue weighted by atomic mass is 9.96. The molecule has 0 amide bonds. The fourth-order valence-electron chi connectivity index (χ4n) is 4.26. The molecule has 4 nitrogen and oxygen atoms in total. The van der Waals surface area contributed by atoms with Crippen LogP contribution in [0.4, 0.5) is 4.39 Å². The van der Waals surface area contributed by atoms with Crippen LogP contribution >= 0.6 is 27.7 Å². The summed E-state index contributed by atoms with van der Waals surface area (Å²) in [5, 5.41) is 0. The Morgan fingerprint density at radius 1 is 1.17 bits per heavy atom. The minimum atomic E-state index is -0.569. The fraction of sp³-hybridized carbons (Fsp3) is 0.464. The quantitative estimate of drug-likeness (QED) is 0.266. The third kappa shape index (κ3) is 6.69. The van der Waals surface area contributed by atoms with Crippen molar-refractivity contribution >= 4 is 39.2 Å². The van der Waals surface area contributed by atoms with Gasteiger partial charge in [0.15, 0.2) is 0 Å². The number of hydrogen-bond donors (Lipinski definition) is 0. The number of nitrogens with zero attached hydrogens (tertiary/aromatic N) is 1. The van der Waals surface area contributed by atoms with E-state index < -0.39 is 5.41 Å². The third-order valence-corrected chi connectivity index (χ3v) is 8.04. The first-order valence-corrected chi connectivity index (χ1v) is 14.0. The summed E-state index contributed by atoms with van der Waals surface area (Å²) in [5.41, 5.74) is 2.69. The second-order valence-electron chi connectivity index (χ2n) is 10.1. The van der Waals surface area contributed by atoms with Crippen LogP contribution < -0.4 is 9.47 Å². The predicted octanol–water partition coefficient (Wildman–Crippen LogP) is 7.10. The average Bonchev–Trinajstić information content (AvgIpc) is 3.19. The van der Waals surface area contributed by atoms with Gasteiger partial charge in [0.05, 0.1) is 12.1 Å². The van der Waals surface area contributed by atoms with Crippen molar-refractivity contribution in [3.05, 3.63) is 58.1 Å². The van der Waals surface area contributed by atoms with Gasteiger partial charge in [0.1, 0.15) is 17.6 Å². The van der Waals surface area contributed by atoms with E-state index >= 15 is 0 Å².